The van der Waals surface area contributed by atoms with Crippen molar-refractivity contribution in [3.63, 3.8) is 0 Å². The molecular formula is C14H11BrCl2OS. The van der Waals surface area contributed by atoms with E-state index in [1.54, 1.807) is 24.8 Å². The van der Waals surface area contributed by atoms with Crippen LogP contribution in [-0.4, -0.2) is 5.11 Å². The van der Waals surface area contributed by atoms with E-state index in [9.17, 15) is 5.11 Å². The maximum absolute atomic E-state index is 9.82. The van der Waals surface area contributed by atoms with E-state index in [2.05, 4.69) is 15.9 Å². The minimum atomic E-state index is -0.525. The molecule has 0 aliphatic carbocycles. The first-order valence-corrected chi connectivity index (χ1v) is 7.94. The van der Waals surface area contributed by atoms with Crippen LogP contribution in [0.3, 0.4) is 0 Å². The van der Waals surface area contributed by atoms with E-state index >= 15 is 0 Å². The summed E-state index contributed by atoms with van der Waals surface area (Å²) in [7, 11) is 0. The molecule has 0 fully saturated rings. The van der Waals surface area contributed by atoms with Crippen LogP contribution in [0.15, 0.2) is 50.7 Å². The van der Waals surface area contributed by atoms with Crippen LogP contribution in [0.4, 0.5) is 0 Å². The van der Waals surface area contributed by atoms with Gasteiger partial charge in [0.15, 0.2) is 0 Å². The van der Waals surface area contributed by atoms with Gasteiger partial charge in [0.05, 0.1) is 16.1 Å². The lowest BCUT2D eigenvalue weighted by Crippen LogP contribution is -1.94. The molecule has 5 heteroatoms. The fraction of sp³-hybridized carbons (Fsp3) is 0.143. The van der Waals surface area contributed by atoms with Crippen molar-refractivity contribution in [1.29, 1.82) is 0 Å². The lowest BCUT2D eigenvalue weighted by Gasteiger charge is -2.12. The Hall–Kier alpha value is -0.190. The molecular weight excluding hydrogens is 367 g/mol. The Morgan fingerprint density at radius 2 is 1.84 bits per heavy atom. The van der Waals surface area contributed by atoms with Gasteiger partial charge in [0.1, 0.15) is 0 Å². The van der Waals surface area contributed by atoms with E-state index in [-0.39, 0.29) is 0 Å². The predicted molar refractivity (Wildman–Crippen MR) is 85.4 cm³/mol. The van der Waals surface area contributed by atoms with E-state index in [1.165, 1.54) is 0 Å². The molecule has 0 saturated heterocycles. The number of aliphatic hydroxyl groups is 1. The molecule has 100 valence electrons. The smallest absolute Gasteiger partial charge is 0.0773 e. The maximum atomic E-state index is 9.82. The van der Waals surface area contributed by atoms with Crippen LogP contribution in [0.1, 0.15) is 18.6 Å². The summed E-state index contributed by atoms with van der Waals surface area (Å²) in [4.78, 5) is 1.98. The van der Waals surface area contributed by atoms with E-state index < -0.39 is 6.10 Å². The predicted octanol–water partition coefficient (Wildman–Crippen LogP) is 5.96. The molecule has 2 rings (SSSR count). The molecule has 0 aromatic heterocycles. The van der Waals surface area contributed by atoms with Gasteiger partial charge in [0.25, 0.3) is 0 Å². The molecule has 1 N–H and O–H groups in total. The standard InChI is InChI=1S/C14H11BrCl2OS/c1-8(18)11-6-9(15)2-5-14(11)19-10-3-4-12(16)13(17)7-10/h2-8,18H,1H3. The molecule has 0 amide bonds. The van der Waals surface area contributed by atoms with E-state index in [0.29, 0.717) is 10.0 Å². The number of aliphatic hydroxyl groups excluding tert-OH is 1. The summed E-state index contributed by atoms with van der Waals surface area (Å²) in [5, 5.41) is 10.9. The second-order valence-corrected chi connectivity index (χ2v) is 6.88. The van der Waals surface area contributed by atoms with Crippen molar-refractivity contribution in [2.45, 2.75) is 22.8 Å². The number of benzene rings is 2. The van der Waals surface area contributed by atoms with Crippen LogP contribution in [0.2, 0.25) is 10.0 Å². The number of rotatable bonds is 3. The highest BCUT2D eigenvalue weighted by Crippen LogP contribution is 2.37. The second-order valence-electron chi connectivity index (χ2n) is 4.04. The molecule has 0 bridgehead atoms. The average Bonchev–Trinajstić information content (AvgIpc) is 2.36. The first-order valence-electron chi connectivity index (χ1n) is 5.58. The van der Waals surface area contributed by atoms with Gasteiger partial charge in [0, 0.05) is 14.3 Å². The van der Waals surface area contributed by atoms with Gasteiger partial charge in [-0.3, -0.25) is 0 Å². The Kier molecular flexibility index (Phi) is 5.21. The third-order valence-electron chi connectivity index (χ3n) is 2.54. The van der Waals surface area contributed by atoms with Crippen LogP contribution < -0.4 is 0 Å². The number of halogens is 3. The molecule has 19 heavy (non-hydrogen) atoms. The molecule has 1 unspecified atom stereocenters. The molecule has 0 aliphatic heterocycles. The number of hydrogen-bond acceptors (Lipinski definition) is 2. The Morgan fingerprint density at radius 1 is 1.11 bits per heavy atom. The molecule has 2 aromatic rings. The average molecular weight is 378 g/mol. The monoisotopic (exact) mass is 376 g/mol. The summed E-state index contributed by atoms with van der Waals surface area (Å²) in [5.74, 6) is 0. The van der Waals surface area contributed by atoms with Crippen molar-refractivity contribution in [1.82, 2.24) is 0 Å². The zero-order valence-electron chi connectivity index (χ0n) is 10.0. The van der Waals surface area contributed by atoms with Gasteiger partial charge >= 0.3 is 0 Å². The third-order valence-corrected chi connectivity index (χ3v) is 4.85. The highest BCUT2D eigenvalue weighted by atomic mass is 79.9. The zero-order chi connectivity index (χ0) is 14.0. The van der Waals surface area contributed by atoms with Gasteiger partial charge < -0.3 is 5.11 Å². The fourth-order valence-electron chi connectivity index (χ4n) is 1.61. The van der Waals surface area contributed by atoms with Gasteiger partial charge in [-0.25, -0.2) is 0 Å². The summed E-state index contributed by atoms with van der Waals surface area (Å²) in [6.45, 7) is 1.75. The molecule has 0 heterocycles. The minimum Gasteiger partial charge on any atom is -0.389 e. The zero-order valence-corrected chi connectivity index (χ0v) is 13.9. The summed E-state index contributed by atoms with van der Waals surface area (Å²) >= 11 is 16.9. The Labute approximate surface area is 135 Å². The largest absolute Gasteiger partial charge is 0.389 e. The van der Waals surface area contributed by atoms with Gasteiger partial charge in [-0.2, -0.15) is 0 Å². The van der Waals surface area contributed by atoms with Crippen molar-refractivity contribution in [3.05, 3.63) is 56.5 Å². The molecule has 0 spiro atoms. The number of hydrogen-bond donors (Lipinski definition) is 1. The Morgan fingerprint density at radius 3 is 2.47 bits per heavy atom. The topological polar surface area (TPSA) is 20.2 Å². The second kappa shape index (κ2) is 6.51. The fourth-order valence-corrected chi connectivity index (χ4v) is 3.40. The molecule has 0 aliphatic rings. The van der Waals surface area contributed by atoms with Gasteiger partial charge in [-0.1, -0.05) is 50.9 Å². The maximum Gasteiger partial charge on any atom is 0.0773 e. The quantitative estimate of drug-likeness (QED) is 0.711. The lowest BCUT2D eigenvalue weighted by atomic mass is 10.1. The third kappa shape index (κ3) is 3.89. The highest BCUT2D eigenvalue weighted by molar-refractivity contribution is 9.10. The molecule has 0 radical (unpaired) electrons. The Balaban J connectivity index is 2.35. The van der Waals surface area contributed by atoms with Crippen molar-refractivity contribution >= 4 is 50.9 Å². The molecule has 1 atom stereocenters. The van der Waals surface area contributed by atoms with Gasteiger partial charge in [0.2, 0.25) is 0 Å². The first-order chi connectivity index (χ1) is 8.97. The molecule has 0 saturated carbocycles. The van der Waals surface area contributed by atoms with E-state index in [0.717, 1.165) is 19.8 Å². The highest BCUT2D eigenvalue weighted by Gasteiger charge is 2.10. The summed E-state index contributed by atoms with van der Waals surface area (Å²) in [5.41, 5.74) is 0.880. The molecule has 1 nitrogen and oxygen atoms in total. The van der Waals surface area contributed by atoms with E-state index in [1.807, 2.05) is 30.3 Å². The van der Waals surface area contributed by atoms with Crippen LogP contribution >= 0.6 is 50.9 Å². The van der Waals surface area contributed by atoms with Crippen molar-refractivity contribution in [2.75, 3.05) is 0 Å². The molecule has 2 aromatic carbocycles. The van der Waals surface area contributed by atoms with E-state index in [4.69, 9.17) is 23.2 Å². The van der Waals surface area contributed by atoms with Crippen LogP contribution in [0.5, 0.6) is 0 Å². The first kappa shape index (κ1) is 15.2. The summed E-state index contributed by atoms with van der Waals surface area (Å²) in [6, 6.07) is 11.3. The van der Waals surface area contributed by atoms with Crippen LogP contribution in [-0.2, 0) is 0 Å². The Bertz CT molecular complexity index is 602. The van der Waals surface area contributed by atoms with Crippen molar-refractivity contribution in [3.8, 4) is 0 Å². The van der Waals surface area contributed by atoms with Crippen molar-refractivity contribution < 1.29 is 5.11 Å². The SMILES string of the molecule is CC(O)c1cc(Br)ccc1Sc1ccc(Cl)c(Cl)c1. The van der Waals surface area contributed by atoms with Gasteiger partial charge in [-0.15, -0.1) is 0 Å². The van der Waals surface area contributed by atoms with Crippen LogP contribution in [0, 0.1) is 0 Å². The van der Waals surface area contributed by atoms with Gasteiger partial charge in [-0.05, 0) is 48.9 Å². The summed E-state index contributed by atoms with van der Waals surface area (Å²) < 4.78 is 0.946. The minimum absolute atomic E-state index is 0.525. The lowest BCUT2D eigenvalue weighted by molar-refractivity contribution is 0.196. The van der Waals surface area contributed by atoms with Crippen molar-refractivity contribution in [2.24, 2.45) is 0 Å². The normalized spacial score (nSPS) is 12.5. The van der Waals surface area contributed by atoms with Crippen LogP contribution in [0.25, 0.3) is 0 Å². The summed E-state index contributed by atoms with van der Waals surface area (Å²) in [6.07, 6.45) is -0.525.